The molecule has 200 valence electrons. The van der Waals surface area contributed by atoms with Crippen LogP contribution in [-0.2, 0) is 4.79 Å². The Morgan fingerprint density at radius 2 is 1.76 bits per heavy atom. The van der Waals surface area contributed by atoms with Crippen LogP contribution in [0.1, 0.15) is 70.8 Å². The minimum absolute atomic E-state index is 0.0263. The minimum Gasteiger partial charge on any atom is -0.494 e. The molecule has 1 aliphatic rings. The first-order valence-electron chi connectivity index (χ1n) is 12.5. The number of anilines is 2. The smallest absolute Gasteiger partial charge is 0.273 e. The Bertz CT molecular complexity index is 1290. The molecule has 4 rings (SSSR count). The third kappa shape index (κ3) is 5.94. The number of carbonyl (C=O) groups is 3. The Labute approximate surface area is 224 Å². The van der Waals surface area contributed by atoms with Crippen molar-refractivity contribution in [2.75, 3.05) is 17.2 Å². The summed E-state index contributed by atoms with van der Waals surface area (Å²) in [4.78, 5) is 40.9. The van der Waals surface area contributed by atoms with Gasteiger partial charge in [-0.1, -0.05) is 31.4 Å². The lowest BCUT2D eigenvalue weighted by Gasteiger charge is -2.33. The predicted octanol–water partition coefficient (Wildman–Crippen LogP) is 4.20. The molecule has 1 heterocycles. The number of ether oxygens (including phenoxy) is 1. The minimum atomic E-state index is -1.14. The van der Waals surface area contributed by atoms with Crippen molar-refractivity contribution in [1.82, 2.24) is 9.69 Å². The molecule has 0 bridgehead atoms. The van der Waals surface area contributed by atoms with Gasteiger partial charge in [-0.05, 0) is 73.3 Å². The van der Waals surface area contributed by atoms with E-state index in [1.165, 1.54) is 29.2 Å². The molecule has 3 amide bonds. The van der Waals surface area contributed by atoms with Crippen molar-refractivity contribution in [3.05, 3.63) is 70.5 Å². The molecule has 0 spiro atoms. The van der Waals surface area contributed by atoms with Crippen LogP contribution in [0.2, 0.25) is 0 Å². The van der Waals surface area contributed by atoms with Crippen LogP contribution >= 0.6 is 11.5 Å². The van der Waals surface area contributed by atoms with Gasteiger partial charge >= 0.3 is 0 Å². The second-order valence-corrected chi connectivity index (χ2v) is 9.81. The van der Waals surface area contributed by atoms with Gasteiger partial charge in [-0.3, -0.25) is 19.3 Å². The van der Waals surface area contributed by atoms with E-state index in [1.807, 2.05) is 6.92 Å². The second-order valence-electron chi connectivity index (χ2n) is 9.04. The quantitative estimate of drug-likeness (QED) is 0.372. The van der Waals surface area contributed by atoms with Gasteiger partial charge in [-0.25, -0.2) is 4.39 Å². The number of hydrogen-bond acceptors (Lipinski definition) is 7. The number of primary amides is 1. The Hall–Kier alpha value is -3.99. The number of halogens is 1. The van der Waals surface area contributed by atoms with Crippen molar-refractivity contribution < 1.29 is 23.5 Å². The van der Waals surface area contributed by atoms with E-state index in [9.17, 15) is 18.8 Å². The fourth-order valence-electron chi connectivity index (χ4n) is 4.58. The lowest BCUT2D eigenvalue weighted by Crippen LogP contribution is -2.47. The molecule has 1 atom stereocenters. The summed E-state index contributed by atoms with van der Waals surface area (Å²) in [5.74, 6) is -1.82. The maximum atomic E-state index is 14.0. The van der Waals surface area contributed by atoms with E-state index < -0.39 is 29.6 Å². The lowest BCUT2D eigenvalue weighted by molar-refractivity contribution is -0.123. The second kappa shape index (κ2) is 12.0. The number of carbonyl (C=O) groups excluding carboxylic acids is 3. The molecule has 2 aromatic carbocycles. The number of nitrogens with one attached hydrogen (secondary N) is 1. The maximum Gasteiger partial charge on any atom is 0.273 e. The van der Waals surface area contributed by atoms with Gasteiger partial charge in [-0.15, -0.1) is 0 Å². The van der Waals surface area contributed by atoms with E-state index in [0.717, 1.165) is 32.1 Å². The summed E-state index contributed by atoms with van der Waals surface area (Å²) in [6.07, 6.45) is 4.81. The predicted molar refractivity (Wildman–Crippen MR) is 144 cm³/mol. The lowest BCUT2D eigenvalue weighted by atomic mass is 9.94. The fourth-order valence-corrected chi connectivity index (χ4v) is 5.32. The number of amides is 3. The first-order valence-corrected chi connectivity index (χ1v) is 13.2. The van der Waals surface area contributed by atoms with E-state index in [0.29, 0.717) is 29.5 Å². The standard InChI is InChI=1S/C27H30FN5O4S/c1-2-37-20-14-8-16(9-15-20)23(26(35)31-18-6-4-3-5-7-18)33(19-12-10-17(28)11-13-19)27(36)24-21(29)22(25(30)34)32-38-24/h8-15,18,23H,2-7,29H2,1H3,(H2,30,34)(H,31,35)/t23-/m0/s1. The van der Waals surface area contributed by atoms with Crippen molar-refractivity contribution in [3.63, 3.8) is 0 Å². The summed E-state index contributed by atoms with van der Waals surface area (Å²) in [6, 6.07) is 10.9. The van der Waals surface area contributed by atoms with E-state index in [-0.39, 0.29) is 28.0 Å². The van der Waals surface area contributed by atoms with Crippen LogP contribution in [0.5, 0.6) is 5.75 Å². The van der Waals surface area contributed by atoms with Crippen LogP contribution in [0.25, 0.3) is 0 Å². The Kier molecular flexibility index (Phi) is 8.57. The number of hydrogen-bond donors (Lipinski definition) is 3. The first kappa shape index (κ1) is 27.1. The Morgan fingerprint density at radius 1 is 1.11 bits per heavy atom. The van der Waals surface area contributed by atoms with Crippen LogP contribution in [0.15, 0.2) is 48.5 Å². The number of aromatic nitrogens is 1. The average Bonchev–Trinajstić information content (AvgIpc) is 3.30. The molecular formula is C27H30FN5O4S. The first-order chi connectivity index (χ1) is 18.3. The molecule has 0 unspecified atom stereocenters. The molecule has 3 aromatic rings. The summed E-state index contributed by atoms with van der Waals surface area (Å²) in [5.41, 5.74) is 11.8. The van der Waals surface area contributed by atoms with Gasteiger partial charge in [0, 0.05) is 11.7 Å². The maximum absolute atomic E-state index is 14.0. The molecule has 0 saturated heterocycles. The molecule has 9 nitrogen and oxygen atoms in total. The summed E-state index contributed by atoms with van der Waals surface area (Å²) in [5, 5.41) is 3.11. The highest BCUT2D eigenvalue weighted by Crippen LogP contribution is 2.34. The highest BCUT2D eigenvalue weighted by molar-refractivity contribution is 7.09. The van der Waals surface area contributed by atoms with Crippen LogP contribution in [-0.4, -0.2) is 34.7 Å². The normalized spacial score (nSPS) is 14.5. The third-order valence-corrected chi connectivity index (χ3v) is 7.30. The third-order valence-electron chi connectivity index (χ3n) is 6.44. The summed E-state index contributed by atoms with van der Waals surface area (Å²) in [6.45, 7) is 2.33. The van der Waals surface area contributed by atoms with Gasteiger partial charge in [0.25, 0.3) is 11.8 Å². The van der Waals surface area contributed by atoms with Gasteiger partial charge in [-0.2, -0.15) is 4.37 Å². The zero-order chi connectivity index (χ0) is 27.2. The van der Waals surface area contributed by atoms with E-state index >= 15 is 0 Å². The van der Waals surface area contributed by atoms with Gasteiger partial charge in [0.15, 0.2) is 5.69 Å². The van der Waals surface area contributed by atoms with Crippen molar-refractivity contribution in [1.29, 1.82) is 0 Å². The molecule has 11 heteroatoms. The number of nitrogens with zero attached hydrogens (tertiary/aromatic N) is 2. The number of nitrogen functional groups attached to an aromatic ring is 1. The van der Waals surface area contributed by atoms with Crippen LogP contribution in [0.3, 0.4) is 0 Å². The molecule has 1 fully saturated rings. The van der Waals surface area contributed by atoms with Crippen LogP contribution in [0, 0.1) is 5.82 Å². The topological polar surface area (TPSA) is 141 Å². The fraction of sp³-hybridized carbons (Fsp3) is 0.333. The molecule has 0 radical (unpaired) electrons. The molecule has 0 aliphatic heterocycles. The number of rotatable bonds is 9. The molecule has 1 aliphatic carbocycles. The largest absolute Gasteiger partial charge is 0.494 e. The Morgan fingerprint density at radius 3 is 2.34 bits per heavy atom. The zero-order valence-corrected chi connectivity index (χ0v) is 21.8. The molecule has 5 N–H and O–H groups in total. The zero-order valence-electron chi connectivity index (χ0n) is 21.0. The molecular weight excluding hydrogens is 509 g/mol. The molecule has 1 saturated carbocycles. The van der Waals surface area contributed by atoms with Crippen molar-refractivity contribution in [3.8, 4) is 5.75 Å². The SMILES string of the molecule is CCOc1ccc([C@@H](C(=O)NC2CCCCC2)N(C(=O)c2snc(C(N)=O)c2N)c2ccc(F)cc2)cc1. The molecule has 38 heavy (non-hydrogen) atoms. The van der Waals surface area contributed by atoms with Gasteiger partial charge < -0.3 is 21.5 Å². The Balaban J connectivity index is 1.82. The average molecular weight is 540 g/mol. The van der Waals surface area contributed by atoms with E-state index in [2.05, 4.69) is 9.69 Å². The summed E-state index contributed by atoms with van der Waals surface area (Å²) < 4.78 is 23.4. The van der Waals surface area contributed by atoms with Gasteiger partial charge in [0.1, 0.15) is 22.5 Å². The monoisotopic (exact) mass is 539 g/mol. The van der Waals surface area contributed by atoms with Crippen molar-refractivity contribution in [2.45, 2.75) is 51.1 Å². The van der Waals surface area contributed by atoms with E-state index in [1.54, 1.807) is 24.3 Å². The molecule has 1 aromatic heterocycles. The van der Waals surface area contributed by atoms with E-state index in [4.69, 9.17) is 16.2 Å². The highest BCUT2D eigenvalue weighted by Gasteiger charge is 2.37. The van der Waals surface area contributed by atoms with Gasteiger partial charge in [0.05, 0.1) is 12.3 Å². The van der Waals surface area contributed by atoms with Crippen LogP contribution in [0.4, 0.5) is 15.8 Å². The van der Waals surface area contributed by atoms with Gasteiger partial charge in [0.2, 0.25) is 5.91 Å². The number of benzene rings is 2. The summed E-state index contributed by atoms with van der Waals surface area (Å²) >= 11 is 0.715. The highest BCUT2D eigenvalue weighted by atomic mass is 32.1. The van der Waals surface area contributed by atoms with Crippen molar-refractivity contribution >= 4 is 40.6 Å². The summed E-state index contributed by atoms with van der Waals surface area (Å²) in [7, 11) is 0. The van der Waals surface area contributed by atoms with Crippen LogP contribution < -0.4 is 26.4 Å². The van der Waals surface area contributed by atoms with Crippen molar-refractivity contribution in [2.24, 2.45) is 5.73 Å². The number of nitrogens with two attached hydrogens (primary N) is 2.